The van der Waals surface area contributed by atoms with Crippen LogP contribution < -0.4 is 0 Å². The minimum atomic E-state index is 0.0742. The Morgan fingerprint density at radius 2 is 2.04 bits per heavy atom. The molecular weight excluding hydrogens is 316 g/mol. The van der Waals surface area contributed by atoms with Gasteiger partial charge in [-0.15, -0.1) is 0 Å². The molecule has 2 heterocycles. The fourth-order valence-corrected chi connectivity index (χ4v) is 3.41. The summed E-state index contributed by atoms with van der Waals surface area (Å²) in [5, 5.41) is 4.07. The van der Waals surface area contributed by atoms with Crippen LogP contribution in [0, 0.1) is 5.92 Å². The lowest BCUT2D eigenvalue weighted by Gasteiger charge is -2.33. The zero-order valence-electron chi connectivity index (χ0n) is 15.0. The Bertz CT molecular complexity index is 682. The van der Waals surface area contributed by atoms with Crippen molar-refractivity contribution in [2.45, 2.75) is 33.2 Å². The first-order valence-electron chi connectivity index (χ1n) is 9.10. The maximum atomic E-state index is 12.6. The highest BCUT2D eigenvalue weighted by Crippen LogP contribution is 2.21. The van der Waals surface area contributed by atoms with Gasteiger partial charge >= 0.3 is 0 Å². The normalized spacial score (nSPS) is 18.2. The summed E-state index contributed by atoms with van der Waals surface area (Å²) in [5.41, 5.74) is 0.950. The average Bonchev–Trinajstić information content (AvgIpc) is 3.12. The number of aromatic nitrogens is 2. The van der Waals surface area contributed by atoms with Crippen molar-refractivity contribution < 1.29 is 9.32 Å². The molecule has 2 aromatic rings. The second-order valence-corrected chi connectivity index (χ2v) is 6.46. The summed E-state index contributed by atoms with van der Waals surface area (Å²) in [6.07, 6.45) is 1.99. The largest absolute Gasteiger partial charge is 0.343 e. The van der Waals surface area contributed by atoms with Gasteiger partial charge in [0.15, 0.2) is 0 Å². The first-order valence-corrected chi connectivity index (χ1v) is 9.10. The van der Waals surface area contributed by atoms with Gasteiger partial charge in [-0.2, -0.15) is 4.98 Å². The minimum Gasteiger partial charge on any atom is -0.343 e. The van der Waals surface area contributed by atoms with E-state index in [1.807, 2.05) is 49.1 Å². The predicted molar refractivity (Wildman–Crippen MR) is 95.7 cm³/mol. The van der Waals surface area contributed by atoms with E-state index in [1.54, 1.807) is 0 Å². The summed E-state index contributed by atoms with van der Waals surface area (Å²) in [6.45, 7) is 7.94. The predicted octanol–water partition coefficient (Wildman–Crippen LogP) is 2.82. The van der Waals surface area contributed by atoms with E-state index < -0.39 is 0 Å². The maximum Gasteiger partial charge on any atom is 0.241 e. The summed E-state index contributed by atoms with van der Waals surface area (Å²) in [7, 11) is 0. The topological polar surface area (TPSA) is 62.5 Å². The zero-order chi connectivity index (χ0) is 17.6. The van der Waals surface area contributed by atoms with Crippen molar-refractivity contribution in [1.82, 2.24) is 19.9 Å². The van der Waals surface area contributed by atoms with Gasteiger partial charge in [0.1, 0.15) is 0 Å². The van der Waals surface area contributed by atoms with Gasteiger partial charge in [-0.1, -0.05) is 35.5 Å². The smallest absolute Gasteiger partial charge is 0.241 e. The molecule has 0 aliphatic carbocycles. The molecule has 0 N–H and O–H groups in total. The summed E-state index contributed by atoms with van der Waals surface area (Å²) in [4.78, 5) is 21.3. The van der Waals surface area contributed by atoms with Gasteiger partial charge in [0.25, 0.3) is 0 Å². The lowest BCUT2D eigenvalue weighted by atomic mass is 9.96. The average molecular weight is 342 g/mol. The highest BCUT2D eigenvalue weighted by atomic mass is 16.5. The van der Waals surface area contributed by atoms with E-state index in [0.717, 1.165) is 44.6 Å². The molecule has 1 amide bonds. The minimum absolute atomic E-state index is 0.0742. The van der Waals surface area contributed by atoms with Crippen molar-refractivity contribution in [3.63, 3.8) is 0 Å². The Kier molecular flexibility index (Phi) is 5.81. The SMILES string of the molecule is CCN(CC)C(=O)[C@@H]1CCCN(Cc2nc(-c3ccccc3)no2)C1. The molecule has 0 bridgehead atoms. The van der Waals surface area contributed by atoms with Crippen LogP contribution in [0.25, 0.3) is 11.4 Å². The number of rotatable bonds is 6. The van der Waals surface area contributed by atoms with E-state index in [9.17, 15) is 4.79 Å². The van der Waals surface area contributed by atoms with Crippen LogP contribution in [0.3, 0.4) is 0 Å². The van der Waals surface area contributed by atoms with Crippen LogP contribution in [0.4, 0.5) is 0 Å². The number of benzene rings is 1. The number of carbonyl (C=O) groups is 1. The third-order valence-corrected chi connectivity index (χ3v) is 4.79. The second-order valence-electron chi connectivity index (χ2n) is 6.46. The van der Waals surface area contributed by atoms with Gasteiger partial charge in [0.2, 0.25) is 17.6 Å². The highest BCUT2D eigenvalue weighted by molar-refractivity contribution is 5.79. The quantitative estimate of drug-likeness (QED) is 0.808. The molecule has 3 rings (SSSR count). The maximum absolute atomic E-state index is 12.6. The summed E-state index contributed by atoms with van der Waals surface area (Å²) >= 11 is 0. The standard InChI is InChI=1S/C19H26N4O2/c1-3-23(4-2)19(24)16-11-8-12-22(13-16)14-17-20-18(21-25-17)15-9-6-5-7-10-15/h5-7,9-10,16H,3-4,8,11-14H2,1-2H3/t16-/m1/s1. The van der Waals surface area contributed by atoms with Gasteiger partial charge in [-0.05, 0) is 33.2 Å². The molecule has 0 unspecified atom stereocenters. The summed E-state index contributed by atoms with van der Waals surface area (Å²) < 4.78 is 5.41. The van der Waals surface area contributed by atoms with Crippen LogP contribution in [0.1, 0.15) is 32.6 Å². The van der Waals surface area contributed by atoms with Crippen LogP contribution in [0.15, 0.2) is 34.9 Å². The van der Waals surface area contributed by atoms with Gasteiger partial charge in [0, 0.05) is 25.2 Å². The van der Waals surface area contributed by atoms with Crippen molar-refractivity contribution in [2.24, 2.45) is 5.92 Å². The number of amides is 1. The molecular formula is C19H26N4O2. The van der Waals surface area contributed by atoms with E-state index in [1.165, 1.54) is 0 Å². The molecule has 25 heavy (non-hydrogen) atoms. The molecule has 6 nitrogen and oxygen atoms in total. The van der Waals surface area contributed by atoms with Crippen molar-refractivity contribution in [3.05, 3.63) is 36.2 Å². The van der Waals surface area contributed by atoms with Gasteiger partial charge in [0.05, 0.1) is 12.5 Å². The molecule has 1 aliphatic heterocycles. The Balaban J connectivity index is 1.61. The fraction of sp³-hybridized carbons (Fsp3) is 0.526. The fourth-order valence-electron chi connectivity index (χ4n) is 3.41. The second kappa shape index (κ2) is 8.25. The number of hydrogen-bond donors (Lipinski definition) is 0. The Morgan fingerprint density at radius 1 is 1.28 bits per heavy atom. The lowest BCUT2D eigenvalue weighted by Crippen LogP contribution is -2.44. The molecule has 1 saturated heterocycles. The summed E-state index contributed by atoms with van der Waals surface area (Å²) in [5.74, 6) is 1.56. The van der Waals surface area contributed by atoms with Gasteiger partial charge in [-0.25, -0.2) is 0 Å². The van der Waals surface area contributed by atoms with E-state index in [2.05, 4.69) is 15.0 Å². The van der Waals surface area contributed by atoms with Crippen LogP contribution in [0.5, 0.6) is 0 Å². The monoisotopic (exact) mass is 342 g/mol. The van der Waals surface area contributed by atoms with Gasteiger partial charge in [-0.3, -0.25) is 9.69 Å². The van der Waals surface area contributed by atoms with E-state index in [-0.39, 0.29) is 11.8 Å². The van der Waals surface area contributed by atoms with Gasteiger partial charge < -0.3 is 9.42 Å². The number of likely N-dealkylation sites (tertiary alicyclic amines) is 1. The molecule has 1 aromatic carbocycles. The Labute approximate surface area is 148 Å². The molecule has 1 aromatic heterocycles. The molecule has 6 heteroatoms. The number of piperidine rings is 1. The third kappa shape index (κ3) is 4.25. The lowest BCUT2D eigenvalue weighted by molar-refractivity contribution is -0.137. The van der Waals surface area contributed by atoms with Crippen molar-refractivity contribution >= 4 is 5.91 Å². The van der Waals surface area contributed by atoms with Crippen molar-refractivity contribution in [1.29, 1.82) is 0 Å². The Morgan fingerprint density at radius 3 is 2.76 bits per heavy atom. The summed E-state index contributed by atoms with van der Waals surface area (Å²) in [6, 6.07) is 9.81. The third-order valence-electron chi connectivity index (χ3n) is 4.79. The number of nitrogens with zero attached hydrogens (tertiary/aromatic N) is 4. The van der Waals surface area contributed by atoms with E-state index >= 15 is 0 Å². The van der Waals surface area contributed by atoms with Crippen LogP contribution in [-0.2, 0) is 11.3 Å². The number of carbonyl (C=O) groups excluding carboxylic acids is 1. The molecule has 134 valence electrons. The zero-order valence-corrected chi connectivity index (χ0v) is 15.0. The molecule has 1 atom stereocenters. The molecule has 1 fully saturated rings. The number of hydrogen-bond acceptors (Lipinski definition) is 5. The first kappa shape index (κ1) is 17.6. The highest BCUT2D eigenvalue weighted by Gasteiger charge is 2.29. The molecule has 0 saturated carbocycles. The van der Waals surface area contributed by atoms with Crippen LogP contribution >= 0.6 is 0 Å². The van der Waals surface area contributed by atoms with Crippen molar-refractivity contribution in [2.75, 3.05) is 26.2 Å². The van der Waals surface area contributed by atoms with Crippen LogP contribution in [0.2, 0.25) is 0 Å². The van der Waals surface area contributed by atoms with E-state index in [0.29, 0.717) is 18.3 Å². The van der Waals surface area contributed by atoms with Crippen LogP contribution in [-0.4, -0.2) is 52.0 Å². The van der Waals surface area contributed by atoms with E-state index in [4.69, 9.17) is 4.52 Å². The Hall–Kier alpha value is -2.21. The van der Waals surface area contributed by atoms with Crippen molar-refractivity contribution in [3.8, 4) is 11.4 Å². The molecule has 0 spiro atoms. The molecule has 1 aliphatic rings. The molecule has 0 radical (unpaired) electrons. The first-order chi connectivity index (χ1) is 12.2.